The molecule has 1 amide bonds. The number of carbonyl (C=O) groups excluding carboxylic acids is 2. The zero-order chi connectivity index (χ0) is 20.8. The molecule has 3 rings (SSSR count). The number of rotatable bonds is 6. The minimum Gasteiger partial charge on any atom is -0.462 e. The van der Waals surface area contributed by atoms with E-state index in [2.05, 4.69) is 26.5 Å². The van der Waals surface area contributed by atoms with Crippen LogP contribution in [0.15, 0.2) is 68.6 Å². The van der Waals surface area contributed by atoms with E-state index < -0.39 is 5.97 Å². The minimum absolute atomic E-state index is 0.256. The molecule has 29 heavy (non-hydrogen) atoms. The topological polar surface area (TPSA) is 80.9 Å². The van der Waals surface area contributed by atoms with Crippen molar-refractivity contribution in [3.05, 3.63) is 81.0 Å². The quantitative estimate of drug-likeness (QED) is 0.298. The lowest BCUT2D eigenvalue weighted by molar-refractivity contribution is 0.0526. The smallest absolute Gasteiger partial charge is 0.339 e. The van der Waals surface area contributed by atoms with Crippen LogP contribution in [0.5, 0.6) is 0 Å². The molecule has 0 saturated carbocycles. The van der Waals surface area contributed by atoms with Crippen LogP contribution in [0.4, 0.5) is 0 Å². The van der Waals surface area contributed by atoms with Gasteiger partial charge in [0.25, 0.3) is 5.91 Å². The molecule has 0 spiro atoms. The molecule has 3 aromatic rings. The Morgan fingerprint density at radius 2 is 1.97 bits per heavy atom. The Balaban J connectivity index is 1.72. The molecule has 0 saturated heterocycles. The fourth-order valence-electron chi connectivity index (χ4n) is 2.48. The molecule has 0 aliphatic heterocycles. The summed E-state index contributed by atoms with van der Waals surface area (Å²) in [6, 6.07) is 15.4. The van der Waals surface area contributed by atoms with Gasteiger partial charge in [-0.3, -0.25) is 4.79 Å². The molecule has 6 nitrogen and oxygen atoms in total. The van der Waals surface area contributed by atoms with Crippen LogP contribution < -0.4 is 5.43 Å². The number of benzene rings is 2. The molecular weight excluding hydrogens is 460 g/mol. The van der Waals surface area contributed by atoms with E-state index in [0.717, 1.165) is 0 Å². The summed E-state index contributed by atoms with van der Waals surface area (Å²) in [5.74, 6) is 0.102. The summed E-state index contributed by atoms with van der Waals surface area (Å²) >= 11 is 9.40. The first kappa shape index (κ1) is 20.8. The standard InChI is InChI=1S/C21H16BrClN2O4/c1-2-28-21(27)16-11-13(7-9-18(16)23)19-10-8-14(29-19)12-24-25-20(26)15-5-3-4-6-17(15)22/h3-12H,2H2,1H3,(H,25,26)/b24-12+. The molecule has 0 aliphatic rings. The predicted molar refractivity (Wildman–Crippen MR) is 114 cm³/mol. The van der Waals surface area contributed by atoms with Gasteiger partial charge in [-0.05, 0) is 65.3 Å². The Bertz CT molecular complexity index is 1080. The molecule has 0 aliphatic carbocycles. The molecule has 148 valence electrons. The number of hydrogen-bond donors (Lipinski definition) is 1. The van der Waals surface area contributed by atoms with E-state index in [4.69, 9.17) is 20.8 Å². The van der Waals surface area contributed by atoms with Crippen LogP contribution in [0.1, 0.15) is 33.4 Å². The van der Waals surface area contributed by atoms with Gasteiger partial charge in [-0.15, -0.1) is 0 Å². The van der Waals surface area contributed by atoms with Crippen molar-refractivity contribution in [1.82, 2.24) is 5.43 Å². The second kappa shape index (κ2) is 9.54. The van der Waals surface area contributed by atoms with Gasteiger partial charge in [0.15, 0.2) is 0 Å². The first-order valence-corrected chi connectivity index (χ1v) is 9.81. The molecule has 8 heteroatoms. The predicted octanol–water partition coefficient (Wildman–Crippen LogP) is 5.30. The van der Waals surface area contributed by atoms with Gasteiger partial charge in [0.1, 0.15) is 11.5 Å². The van der Waals surface area contributed by atoms with Gasteiger partial charge in [-0.2, -0.15) is 5.10 Å². The van der Waals surface area contributed by atoms with Crippen molar-refractivity contribution < 1.29 is 18.7 Å². The van der Waals surface area contributed by atoms with Crippen molar-refractivity contribution in [1.29, 1.82) is 0 Å². The van der Waals surface area contributed by atoms with Crippen LogP contribution in [0.3, 0.4) is 0 Å². The Morgan fingerprint density at radius 1 is 1.17 bits per heavy atom. The maximum atomic E-state index is 12.1. The number of carbonyl (C=O) groups is 2. The number of amides is 1. The minimum atomic E-state index is -0.498. The number of nitrogens with one attached hydrogen (secondary N) is 1. The monoisotopic (exact) mass is 474 g/mol. The van der Waals surface area contributed by atoms with Crippen LogP contribution in [0.25, 0.3) is 11.3 Å². The average molecular weight is 476 g/mol. The number of furan rings is 1. The highest BCUT2D eigenvalue weighted by atomic mass is 79.9. The normalized spacial score (nSPS) is 10.9. The number of ether oxygens (including phenoxy) is 1. The third-order valence-electron chi connectivity index (χ3n) is 3.85. The van der Waals surface area contributed by atoms with Crippen molar-refractivity contribution in [3.63, 3.8) is 0 Å². The summed E-state index contributed by atoms with van der Waals surface area (Å²) in [6.45, 7) is 1.98. The van der Waals surface area contributed by atoms with Crippen molar-refractivity contribution in [2.45, 2.75) is 6.92 Å². The van der Waals surface area contributed by atoms with Gasteiger partial charge in [-0.1, -0.05) is 23.7 Å². The van der Waals surface area contributed by atoms with Gasteiger partial charge < -0.3 is 9.15 Å². The lowest BCUT2D eigenvalue weighted by Crippen LogP contribution is -2.17. The first-order chi connectivity index (χ1) is 14.0. The van der Waals surface area contributed by atoms with Crippen LogP contribution >= 0.6 is 27.5 Å². The van der Waals surface area contributed by atoms with Crippen molar-refractivity contribution >= 4 is 45.6 Å². The van der Waals surface area contributed by atoms with Crippen LogP contribution in [0.2, 0.25) is 5.02 Å². The third kappa shape index (κ3) is 5.13. The average Bonchev–Trinajstić information content (AvgIpc) is 3.17. The fourth-order valence-corrected chi connectivity index (χ4v) is 3.14. The molecule has 1 aromatic heterocycles. The highest BCUT2D eigenvalue weighted by Crippen LogP contribution is 2.27. The van der Waals surface area contributed by atoms with Crippen molar-refractivity contribution in [3.8, 4) is 11.3 Å². The molecule has 0 radical (unpaired) electrons. The Kier molecular flexibility index (Phi) is 6.85. The molecule has 2 aromatic carbocycles. The number of esters is 1. The van der Waals surface area contributed by atoms with Gasteiger partial charge in [0, 0.05) is 10.0 Å². The van der Waals surface area contributed by atoms with Gasteiger partial charge in [0.05, 0.1) is 29.0 Å². The van der Waals surface area contributed by atoms with E-state index >= 15 is 0 Å². The second-order valence-electron chi connectivity index (χ2n) is 5.80. The summed E-state index contributed by atoms with van der Waals surface area (Å²) in [4.78, 5) is 24.1. The molecule has 1 N–H and O–H groups in total. The Hall–Kier alpha value is -2.90. The maximum Gasteiger partial charge on any atom is 0.339 e. The Morgan fingerprint density at radius 3 is 2.72 bits per heavy atom. The zero-order valence-electron chi connectivity index (χ0n) is 15.3. The lowest BCUT2D eigenvalue weighted by atomic mass is 10.1. The highest BCUT2D eigenvalue weighted by molar-refractivity contribution is 9.10. The molecule has 0 atom stereocenters. The van der Waals surface area contributed by atoms with Gasteiger partial charge >= 0.3 is 5.97 Å². The van der Waals surface area contributed by atoms with E-state index in [0.29, 0.717) is 32.1 Å². The molecule has 0 unspecified atom stereocenters. The fraction of sp³-hybridized carbons (Fsp3) is 0.0952. The van der Waals surface area contributed by atoms with Crippen LogP contribution in [-0.2, 0) is 4.74 Å². The summed E-state index contributed by atoms with van der Waals surface area (Å²) < 4.78 is 11.4. The Labute approximate surface area is 180 Å². The highest BCUT2D eigenvalue weighted by Gasteiger charge is 2.14. The molecule has 0 fully saturated rings. The van der Waals surface area contributed by atoms with Crippen LogP contribution in [-0.4, -0.2) is 24.7 Å². The number of hydrazone groups is 1. The summed E-state index contributed by atoms with van der Waals surface area (Å²) in [6.07, 6.45) is 1.39. The number of halogens is 2. The molecular formula is C21H16BrClN2O4. The third-order valence-corrected chi connectivity index (χ3v) is 4.87. The van der Waals surface area contributed by atoms with Gasteiger partial charge in [-0.25, -0.2) is 10.2 Å². The molecule has 1 heterocycles. The number of nitrogens with zero attached hydrogens (tertiary/aromatic N) is 1. The summed E-state index contributed by atoms with van der Waals surface area (Å²) in [7, 11) is 0. The SMILES string of the molecule is CCOC(=O)c1cc(-c2ccc(/C=N/NC(=O)c3ccccc3Br)o2)ccc1Cl. The lowest BCUT2D eigenvalue weighted by Gasteiger charge is -2.05. The first-order valence-electron chi connectivity index (χ1n) is 8.64. The van der Waals surface area contributed by atoms with E-state index in [9.17, 15) is 9.59 Å². The molecule has 0 bridgehead atoms. The van der Waals surface area contributed by atoms with Crippen molar-refractivity contribution in [2.24, 2.45) is 5.10 Å². The zero-order valence-corrected chi connectivity index (χ0v) is 17.7. The largest absolute Gasteiger partial charge is 0.462 e. The van der Waals surface area contributed by atoms with Crippen LogP contribution in [0, 0.1) is 0 Å². The summed E-state index contributed by atoms with van der Waals surface area (Å²) in [5, 5.41) is 4.22. The van der Waals surface area contributed by atoms with Gasteiger partial charge in [0.2, 0.25) is 0 Å². The van der Waals surface area contributed by atoms with Crippen molar-refractivity contribution in [2.75, 3.05) is 6.61 Å². The second-order valence-corrected chi connectivity index (χ2v) is 7.06. The maximum absolute atomic E-state index is 12.1. The summed E-state index contributed by atoms with van der Waals surface area (Å²) in [5.41, 5.74) is 3.84. The van der Waals surface area contributed by atoms with E-state index in [1.54, 1.807) is 55.5 Å². The number of hydrogen-bond acceptors (Lipinski definition) is 5. The van der Waals surface area contributed by atoms with E-state index in [1.165, 1.54) is 6.21 Å². The van der Waals surface area contributed by atoms with E-state index in [-0.39, 0.29) is 18.1 Å². The van der Waals surface area contributed by atoms with E-state index in [1.807, 2.05) is 6.07 Å².